The van der Waals surface area contributed by atoms with Crippen LogP contribution in [0.1, 0.15) is 42.9 Å². The minimum atomic E-state index is -0.0866. The Balaban J connectivity index is 1.62. The molecule has 0 bridgehead atoms. The predicted octanol–water partition coefficient (Wildman–Crippen LogP) is 4.52. The first-order chi connectivity index (χ1) is 13.5. The van der Waals surface area contributed by atoms with Crippen molar-refractivity contribution in [1.29, 1.82) is 0 Å². The van der Waals surface area contributed by atoms with Crippen LogP contribution in [-0.2, 0) is 4.79 Å². The Hall–Kier alpha value is -2.67. The Labute approximate surface area is 169 Å². The molecule has 0 saturated heterocycles. The summed E-state index contributed by atoms with van der Waals surface area (Å²) in [6, 6.07) is 14.1. The van der Waals surface area contributed by atoms with Gasteiger partial charge in [0.15, 0.2) is 0 Å². The normalized spacial score (nSPS) is 12.0. The molecule has 0 saturated carbocycles. The number of rotatable bonds is 7. The van der Waals surface area contributed by atoms with E-state index in [0.717, 1.165) is 23.4 Å². The van der Waals surface area contributed by atoms with Gasteiger partial charge in [-0.3, -0.25) is 4.79 Å². The lowest BCUT2D eigenvalue weighted by Crippen LogP contribution is -2.14. The zero-order valence-corrected chi connectivity index (χ0v) is 17.5. The highest BCUT2D eigenvalue weighted by atomic mass is 32.2. The number of amides is 1. The van der Waals surface area contributed by atoms with E-state index in [2.05, 4.69) is 52.9 Å². The van der Waals surface area contributed by atoms with Crippen molar-refractivity contribution in [3.63, 3.8) is 0 Å². The lowest BCUT2D eigenvalue weighted by Gasteiger charge is -2.11. The van der Waals surface area contributed by atoms with Gasteiger partial charge >= 0.3 is 0 Å². The van der Waals surface area contributed by atoms with Crippen molar-refractivity contribution >= 4 is 23.4 Å². The number of tetrazole rings is 1. The molecular weight excluding hydrogens is 370 g/mol. The number of hydrogen-bond acceptors (Lipinski definition) is 5. The van der Waals surface area contributed by atoms with Crippen LogP contribution in [0.5, 0.6) is 0 Å². The first kappa shape index (κ1) is 20.1. The maximum Gasteiger partial charge on any atom is 0.234 e. The summed E-state index contributed by atoms with van der Waals surface area (Å²) in [4.78, 5) is 12.3. The van der Waals surface area contributed by atoms with E-state index in [0.29, 0.717) is 11.1 Å². The summed E-state index contributed by atoms with van der Waals surface area (Å²) in [7, 11) is 0. The number of anilines is 1. The van der Waals surface area contributed by atoms with Gasteiger partial charge in [-0.05, 0) is 65.9 Å². The molecule has 3 rings (SSSR count). The fraction of sp³-hybridized carbons (Fsp3) is 0.333. The third-order valence-electron chi connectivity index (χ3n) is 4.73. The zero-order chi connectivity index (χ0) is 20.1. The average Bonchev–Trinajstić information content (AvgIpc) is 3.14. The minimum Gasteiger partial charge on any atom is -0.325 e. The standard InChI is InChI=1S/C21H25N5OS/c1-5-15(3)17-7-9-18(10-8-17)22-20(27)13-28-21-23-24-25-26(21)19-11-6-14(2)12-16(19)4/h6-12,15H,5,13H2,1-4H3,(H,22,27)/t15-/m0/s1. The first-order valence-electron chi connectivity index (χ1n) is 9.36. The third kappa shape index (κ3) is 4.78. The molecule has 1 aromatic heterocycles. The van der Waals surface area contributed by atoms with Crippen molar-refractivity contribution in [3.8, 4) is 5.69 Å². The smallest absolute Gasteiger partial charge is 0.234 e. The second-order valence-electron chi connectivity index (χ2n) is 6.93. The number of benzene rings is 2. The van der Waals surface area contributed by atoms with E-state index in [1.807, 2.05) is 38.1 Å². The van der Waals surface area contributed by atoms with Crippen molar-refractivity contribution in [2.75, 3.05) is 11.1 Å². The molecule has 0 spiro atoms. The van der Waals surface area contributed by atoms with E-state index < -0.39 is 0 Å². The van der Waals surface area contributed by atoms with E-state index in [-0.39, 0.29) is 11.7 Å². The van der Waals surface area contributed by atoms with Crippen molar-refractivity contribution in [2.45, 2.75) is 45.2 Å². The number of aromatic nitrogens is 4. The predicted molar refractivity (Wildman–Crippen MR) is 113 cm³/mol. The van der Waals surface area contributed by atoms with Gasteiger partial charge in [0.05, 0.1) is 11.4 Å². The van der Waals surface area contributed by atoms with Gasteiger partial charge in [-0.15, -0.1) is 5.10 Å². The molecule has 1 heterocycles. The largest absolute Gasteiger partial charge is 0.325 e. The van der Waals surface area contributed by atoms with Crippen molar-refractivity contribution in [1.82, 2.24) is 20.2 Å². The van der Waals surface area contributed by atoms with Crippen LogP contribution in [0.4, 0.5) is 5.69 Å². The van der Waals surface area contributed by atoms with Crippen LogP contribution >= 0.6 is 11.8 Å². The molecule has 0 aliphatic carbocycles. The van der Waals surface area contributed by atoms with Gasteiger partial charge in [0.2, 0.25) is 11.1 Å². The summed E-state index contributed by atoms with van der Waals surface area (Å²) in [5, 5.41) is 15.4. The fourth-order valence-electron chi connectivity index (χ4n) is 2.92. The SMILES string of the molecule is CC[C@H](C)c1ccc(NC(=O)CSc2nnnn2-c2ccc(C)cc2C)cc1. The number of thioether (sulfide) groups is 1. The van der Waals surface area contributed by atoms with Crippen molar-refractivity contribution in [3.05, 3.63) is 59.2 Å². The van der Waals surface area contributed by atoms with Crippen molar-refractivity contribution < 1.29 is 4.79 Å². The fourth-order valence-corrected chi connectivity index (χ4v) is 3.60. The van der Waals surface area contributed by atoms with Gasteiger partial charge in [-0.1, -0.05) is 55.4 Å². The lowest BCUT2D eigenvalue weighted by atomic mass is 9.99. The number of nitrogens with one attached hydrogen (secondary N) is 1. The maximum absolute atomic E-state index is 12.3. The molecule has 3 aromatic rings. The van der Waals surface area contributed by atoms with Gasteiger partial charge < -0.3 is 5.32 Å². The van der Waals surface area contributed by atoms with Crippen LogP contribution in [0.3, 0.4) is 0 Å². The van der Waals surface area contributed by atoms with Crippen LogP contribution in [0.25, 0.3) is 5.69 Å². The molecule has 0 unspecified atom stereocenters. The molecule has 1 amide bonds. The molecule has 0 fully saturated rings. The van der Waals surface area contributed by atoms with E-state index >= 15 is 0 Å². The minimum absolute atomic E-state index is 0.0866. The lowest BCUT2D eigenvalue weighted by molar-refractivity contribution is -0.113. The van der Waals surface area contributed by atoms with Gasteiger partial charge in [-0.2, -0.15) is 4.68 Å². The Kier molecular flexibility index (Phi) is 6.46. The number of carbonyl (C=O) groups is 1. The molecular formula is C21H25N5OS. The number of hydrogen-bond donors (Lipinski definition) is 1. The van der Waals surface area contributed by atoms with E-state index in [1.165, 1.54) is 22.9 Å². The highest BCUT2D eigenvalue weighted by Crippen LogP contribution is 2.23. The second-order valence-corrected chi connectivity index (χ2v) is 7.87. The first-order valence-corrected chi connectivity index (χ1v) is 10.3. The highest BCUT2D eigenvalue weighted by molar-refractivity contribution is 7.99. The average molecular weight is 396 g/mol. The summed E-state index contributed by atoms with van der Waals surface area (Å²) in [6.07, 6.45) is 1.09. The molecule has 28 heavy (non-hydrogen) atoms. The molecule has 2 aromatic carbocycles. The van der Waals surface area contributed by atoms with Crippen LogP contribution in [0, 0.1) is 13.8 Å². The van der Waals surface area contributed by atoms with E-state index in [9.17, 15) is 4.79 Å². The third-order valence-corrected chi connectivity index (χ3v) is 5.65. The Morgan fingerprint density at radius 1 is 1.18 bits per heavy atom. The maximum atomic E-state index is 12.3. The summed E-state index contributed by atoms with van der Waals surface area (Å²) in [5.41, 5.74) is 5.26. The molecule has 6 nitrogen and oxygen atoms in total. The van der Waals surface area contributed by atoms with Crippen LogP contribution in [0.2, 0.25) is 0 Å². The van der Waals surface area contributed by atoms with Crippen molar-refractivity contribution in [2.24, 2.45) is 0 Å². The van der Waals surface area contributed by atoms with Gasteiger partial charge in [-0.25, -0.2) is 0 Å². The molecule has 1 atom stereocenters. The summed E-state index contributed by atoms with van der Waals surface area (Å²) in [5.74, 6) is 0.666. The van der Waals surface area contributed by atoms with E-state index in [4.69, 9.17) is 0 Å². The molecule has 1 N–H and O–H groups in total. The zero-order valence-electron chi connectivity index (χ0n) is 16.6. The number of nitrogens with zero attached hydrogens (tertiary/aromatic N) is 4. The topological polar surface area (TPSA) is 72.7 Å². The quantitative estimate of drug-likeness (QED) is 0.595. The Morgan fingerprint density at radius 2 is 1.93 bits per heavy atom. The number of aryl methyl sites for hydroxylation is 2. The van der Waals surface area contributed by atoms with Crippen LogP contribution < -0.4 is 5.32 Å². The van der Waals surface area contributed by atoms with Gasteiger partial charge in [0, 0.05) is 5.69 Å². The van der Waals surface area contributed by atoms with E-state index in [1.54, 1.807) is 4.68 Å². The second kappa shape index (κ2) is 9.01. The highest BCUT2D eigenvalue weighted by Gasteiger charge is 2.13. The summed E-state index contributed by atoms with van der Waals surface area (Å²) in [6.45, 7) is 8.44. The van der Waals surface area contributed by atoms with Crippen LogP contribution in [0.15, 0.2) is 47.6 Å². The number of carbonyl (C=O) groups excluding carboxylic acids is 1. The molecule has 0 aliphatic heterocycles. The van der Waals surface area contributed by atoms with Gasteiger partial charge in [0.25, 0.3) is 0 Å². The molecule has 7 heteroatoms. The molecule has 146 valence electrons. The monoisotopic (exact) mass is 395 g/mol. The molecule has 0 aliphatic rings. The summed E-state index contributed by atoms with van der Waals surface area (Å²) >= 11 is 1.32. The Morgan fingerprint density at radius 3 is 2.61 bits per heavy atom. The molecule has 0 radical (unpaired) electrons. The van der Waals surface area contributed by atoms with Gasteiger partial charge in [0.1, 0.15) is 0 Å². The Bertz CT molecular complexity index is 952. The van der Waals surface area contributed by atoms with Crippen LogP contribution in [-0.4, -0.2) is 31.9 Å². The summed E-state index contributed by atoms with van der Waals surface area (Å²) < 4.78 is 1.67.